The predicted molar refractivity (Wildman–Crippen MR) is 86.4 cm³/mol. The van der Waals surface area contributed by atoms with Gasteiger partial charge in [0.25, 0.3) is 0 Å². The van der Waals surface area contributed by atoms with Gasteiger partial charge in [-0.3, -0.25) is 4.79 Å². The first-order chi connectivity index (χ1) is 9.47. The number of carbonyl (C=O) groups is 1. The van der Waals surface area contributed by atoms with Gasteiger partial charge in [-0.25, -0.2) is 0 Å². The van der Waals surface area contributed by atoms with Crippen molar-refractivity contribution < 1.29 is 4.79 Å². The molecule has 0 aliphatic rings. The second-order valence-electron chi connectivity index (χ2n) is 4.15. The number of benzene rings is 2. The van der Waals surface area contributed by atoms with Crippen molar-refractivity contribution in [3.63, 3.8) is 0 Å². The summed E-state index contributed by atoms with van der Waals surface area (Å²) in [7, 11) is 0. The summed E-state index contributed by atoms with van der Waals surface area (Å²) in [6.45, 7) is 0.557. The van der Waals surface area contributed by atoms with Crippen LogP contribution in [-0.2, 0) is 6.54 Å². The third kappa shape index (κ3) is 3.66. The van der Waals surface area contributed by atoms with Gasteiger partial charge in [0.15, 0.2) is 0 Å². The van der Waals surface area contributed by atoms with Crippen LogP contribution in [-0.4, -0.2) is 5.91 Å². The Labute approximate surface area is 135 Å². The largest absolute Gasteiger partial charge is 0.381 e. The molecule has 104 valence electrons. The maximum absolute atomic E-state index is 11.2. The minimum Gasteiger partial charge on any atom is -0.381 e. The fraction of sp³-hybridized carbons (Fsp3) is 0.0714. The highest BCUT2D eigenvalue weighted by Crippen LogP contribution is 2.24. The van der Waals surface area contributed by atoms with E-state index in [2.05, 4.69) is 21.2 Å². The fourth-order valence-corrected chi connectivity index (χ4v) is 2.49. The monoisotopic (exact) mass is 372 g/mol. The molecule has 0 radical (unpaired) electrons. The Hall–Kier alpha value is -1.23. The Bertz CT molecular complexity index is 662. The van der Waals surface area contributed by atoms with E-state index in [1.165, 1.54) is 0 Å². The van der Waals surface area contributed by atoms with Crippen LogP contribution in [0.1, 0.15) is 15.9 Å². The molecule has 0 aromatic heterocycles. The number of carbonyl (C=O) groups excluding carboxylic acids is 1. The standard InChI is InChI=1S/C14H11BrCl2N2O/c15-12-3-1-9(16)5-8(12)7-19-10-2-4-13(17)11(6-10)14(18)20/h1-6,19H,7H2,(H2,18,20). The number of amides is 1. The van der Waals surface area contributed by atoms with Crippen LogP contribution in [0.5, 0.6) is 0 Å². The summed E-state index contributed by atoms with van der Waals surface area (Å²) in [5, 5.41) is 4.20. The second kappa shape index (κ2) is 6.48. The third-order valence-corrected chi connectivity index (χ3v) is 4.06. The maximum Gasteiger partial charge on any atom is 0.250 e. The summed E-state index contributed by atoms with van der Waals surface area (Å²) in [5.74, 6) is -0.553. The van der Waals surface area contributed by atoms with E-state index in [1.807, 2.05) is 18.2 Å². The Kier molecular flexibility index (Phi) is 4.91. The van der Waals surface area contributed by atoms with Gasteiger partial charge in [0.2, 0.25) is 5.91 Å². The number of hydrogen-bond acceptors (Lipinski definition) is 2. The number of nitrogens with one attached hydrogen (secondary N) is 1. The normalized spacial score (nSPS) is 10.3. The highest BCUT2D eigenvalue weighted by Gasteiger charge is 2.08. The molecule has 0 aliphatic carbocycles. The zero-order valence-electron chi connectivity index (χ0n) is 10.3. The van der Waals surface area contributed by atoms with E-state index >= 15 is 0 Å². The average molecular weight is 374 g/mol. The quantitative estimate of drug-likeness (QED) is 0.830. The first-order valence-electron chi connectivity index (χ1n) is 5.74. The average Bonchev–Trinajstić information content (AvgIpc) is 2.41. The fourth-order valence-electron chi connectivity index (χ4n) is 1.70. The second-order valence-corrected chi connectivity index (χ2v) is 5.85. The van der Waals surface area contributed by atoms with Gasteiger partial charge in [0, 0.05) is 21.7 Å². The highest BCUT2D eigenvalue weighted by atomic mass is 79.9. The lowest BCUT2D eigenvalue weighted by molar-refractivity contribution is 0.100. The summed E-state index contributed by atoms with van der Waals surface area (Å²) in [6.07, 6.45) is 0. The van der Waals surface area contributed by atoms with Gasteiger partial charge in [-0.05, 0) is 42.0 Å². The molecule has 3 N–H and O–H groups in total. The van der Waals surface area contributed by atoms with Crippen molar-refractivity contribution in [2.24, 2.45) is 5.73 Å². The molecule has 0 atom stereocenters. The molecule has 1 amide bonds. The molecule has 2 aromatic carbocycles. The molecule has 0 heterocycles. The SMILES string of the molecule is NC(=O)c1cc(NCc2cc(Cl)ccc2Br)ccc1Cl. The molecule has 2 rings (SSSR count). The number of nitrogens with two attached hydrogens (primary N) is 1. The van der Waals surface area contributed by atoms with Crippen molar-refractivity contribution in [2.45, 2.75) is 6.54 Å². The van der Waals surface area contributed by atoms with Crippen molar-refractivity contribution in [2.75, 3.05) is 5.32 Å². The van der Waals surface area contributed by atoms with Gasteiger partial charge in [-0.1, -0.05) is 39.1 Å². The van der Waals surface area contributed by atoms with E-state index in [4.69, 9.17) is 28.9 Å². The smallest absolute Gasteiger partial charge is 0.250 e. The van der Waals surface area contributed by atoms with Gasteiger partial charge < -0.3 is 11.1 Å². The lowest BCUT2D eigenvalue weighted by Gasteiger charge is -2.10. The van der Waals surface area contributed by atoms with Crippen molar-refractivity contribution in [3.8, 4) is 0 Å². The van der Waals surface area contributed by atoms with Crippen LogP contribution in [0.4, 0.5) is 5.69 Å². The molecule has 0 saturated carbocycles. The molecular formula is C14H11BrCl2N2O. The van der Waals surface area contributed by atoms with Gasteiger partial charge in [-0.15, -0.1) is 0 Å². The van der Waals surface area contributed by atoms with Crippen molar-refractivity contribution in [1.82, 2.24) is 0 Å². The highest BCUT2D eigenvalue weighted by molar-refractivity contribution is 9.10. The number of hydrogen-bond donors (Lipinski definition) is 2. The molecule has 0 spiro atoms. The van der Waals surface area contributed by atoms with Crippen LogP contribution in [0, 0.1) is 0 Å². The van der Waals surface area contributed by atoms with E-state index in [0.717, 1.165) is 15.7 Å². The number of rotatable bonds is 4. The Balaban J connectivity index is 2.17. The summed E-state index contributed by atoms with van der Waals surface area (Å²) in [4.78, 5) is 11.2. The van der Waals surface area contributed by atoms with Gasteiger partial charge in [-0.2, -0.15) is 0 Å². The Morgan fingerprint density at radius 3 is 2.65 bits per heavy atom. The summed E-state index contributed by atoms with van der Waals surface area (Å²) in [5.41, 5.74) is 7.32. The topological polar surface area (TPSA) is 55.1 Å². The molecule has 0 bridgehead atoms. The summed E-state index contributed by atoms with van der Waals surface area (Å²) in [6, 6.07) is 10.6. The number of halogens is 3. The van der Waals surface area contributed by atoms with Gasteiger partial charge in [0.1, 0.15) is 0 Å². The number of anilines is 1. The molecule has 0 fully saturated rings. The van der Waals surface area contributed by atoms with Crippen molar-refractivity contribution in [3.05, 3.63) is 62.0 Å². The van der Waals surface area contributed by atoms with Crippen molar-refractivity contribution in [1.29, 1.82) is 0 Å². The van der Waals surface area contributed by atoms with Crippen LogP contribution < -0.4 is 11.1 Å². The van der Waals surface area contributed by atoms with Gasteiger partial charge in [0.05, 0.1) is 10.6 Å². The third-order valence-electron chi connectivity index (χ3n) is 2.72. The molecule has 0 unspecified atom stereocenters. The van der Waals surface area contributed by atoms with Crippen molar-refractivity contribution >= 4 is 50.7 Å². The predicted octanol–water partition coefficient (Wildman–Crippen LogP) is 4.47. The van der Waals surface area contributed by atoms with Crippen LogP contribution >= 0.6 is 39.1 Å². The van der Waals surface area contributed by atoms with E-state index in [0.29, 0.717) is 22.2 Å². The van der Waals surface area contributed by atoms with Crippen LogP contribution in [0.2, 0.25) is 10.0 Å². The Morgan fingerprint density at radius 2 is 1.95 bits per heavy atom. The van der Waals surface area contributed by atoms with E-state index in [1.54, 1.807) is 18.2 Å². The number of primary amides is 1. The van der Waals surface area contributed by atoms with E-state index in [9.17, 15) is 4.79 Å². The zero-order valence-corrected chi connectivity index (χ0v) is 13.4. The Morgan fingerprint density at radius 1 is 1.20 bits per heavy atom. The molecule has 2 aromatic rings. The zero-order chi connectivity index (χ0) is 14.7. The van der Waals surface area contributed by atoms with Crippen LogP contribution in [0.3, 0.4) is 0 Å². The molecule has 6 heteroatoms. The molecule has 20 heavy (non-hydrogen) atoms. The summed E-state index contributed by atoms with van der Waals surface area (Å²) < 4.78 is 0.957. The van der Waals surface area contributed by atoms with Crippen LogP contribution in [0.25, 0.3) is 0 Å². The molecule has 0 saturated heterocycles. The first kappa shape index (κ1) is 15.2. The van der Waals surface area contributed by atoms with Crippen LogP contribution in [0.15, 0.2) is 40.9 Å². The van der Waals surface area contributed by atoms with E-state index in [-0.39, 0.29) is 0 Å². The van der Waals surface area contributed by atoms with E-state index < -0.39 is 5.91 Å². The lowest BCUT2D eigenvalue weighted by atomic mass is 10.1. The molecule has 0 aliphatic heterocycles. The lowest BCUT2D eigenvalue weighted by Crippen LogP contribution is -2.12. The maximum atomic E-state index is 11.2. The molecular weight excluding hydrogens is 363 g/mol. The summed E-state index contributed by atoms with van der Waals surface area (Å²) >= 11 is 15.3. The minimum absolute atomic E-state index is 0.293. The molecule has 3 nitrogen and oxygen atoms in total. The minimum atomic E-state index is -0.553. The first-order valence-corrected chi connectivity index (χ1v) is 7.29. The van der Waals surface area contributed by atoms with Gasteiger partial charge >= 0.3 is 0 Å².